The minimum absolute atomic E-state index is 0.656. The van der Waals surface area contributed by atoms with Crippen LogP contribution < -0.4 is 5.32 Å². The van der Waals surface area contributed by atoms with Crippen LogP contribution in [0.2, 0.25) is 0 Å². The third-order valence-electron chi connectivity index (χ3n) is 4.22. The van der Waals surface area contributed by atoms with Gasteiger partial charge in [0.2, 0.25) is 0 Å². The highest BCUT2D eigenvalue weighted by molar-refractivity contribution is 9.10. The van der Waals surface area contributed by atoms with Crippen molar-refractivity contribution in [1.29, 1.82) is 0 Å². The molecule has 0 aromatic carbocycles. The monoisotopic (exact) mass is 313 g/mol. The fourth-order valence-electron chi connectivity index (χ4n) is 3.07. The van der Waals surface area contributed by atoms with Gasteiger partial charge in [-0.3, -0.25) is 4.68 Å². The fraction of sp³-hybridized carbons (Fsp3) is 0.786. The molecule has 1 aliphatic rings. The van der Waals surface area contributed by atoms with E-state index in [0.717, 1.165) is 28.5 Å². The minimum Gasteiger partial charge on any atom is -0.308 e. The first-order chi connectivity index (χ1) is 8.49. The summed E-state index contributed by atoms with van der Waals surface area (Å²) in [5, 5.41) is 8.15. The highest BCUT2D eigenvalue weighted by atomic mass is 79.9. The lowest BCUT2D eigenvalue weighted by molar-refractivity contribution is 0.226. The van der Waals surface area contributed by atoms with Gasteiger partial charge in [0.25, 0.3) is 0 Å². The Kier molecular flexibility index (Phi) is 4.49. The average molecular weight is 314 g/mol. The predicted octanol–water partition coefficient (Wildman–Crippen LogP) is 3.41. The summed E-state index contributed by atoms with van der Waals surface area (Å²) in [6.45, 7) is 7.68. The van der Waals surface area contributed by atoms with E-state index in [1.54, 1.807) is 0 Å². The maximum Gasteiger partial charge on any atom is 0.0739 e. The third kappa shape index (κ3) is 2.97. The number of nitrogens with one attached hydrogen (secondary N) is 1. The molecule has 0 spiro atoms. The van der Waals surface area contributed by atoms with Crippen LogP contribution in [0.1, 0.15) is 44.5 Å². The smallest absolute Gasteiger partial charge is 0.0739 e. The summed E-state index contributed by atoms with van der Waals surface area (Å²) in [5.74, 6) is 1.67. The SMILES string of the molecule is Cc1nn(C)c(CNC2CCC(C)CC2C)c1Br. The molecule has 2 rings (SSSR count). The number of aryl methyl sites for hydroxylation is 2. The molecule has 0 bridgehead atoms. The molecule has 102 valence electrons. The van der Waals surface area contributed by atoms with E-state index in [0.29, 0.717) is 6.04 Å². The van der Waals surface area contributed by atoms with E-state index in [1.165, 1.54) is 25.0 Å². The Bertz CT molecular complexity index is 413. The van der Waals surface area contributed by atoms with Gasteiger partial charge in [-0.15, -0.1) is 0 Å². The summed E-state index contributed by atoms with van der Waals surface area (Å²) in [4.78, 5) is 0. The molecule has 1 aromatic heterocycles. The molecule has 3 nitrogen and oxygen atoms in total. The standard InChI is InChI=1S/C14H24BrN3/c1-9-5-6-12(10(2)7-9)16-8-13-14(15)11(3)17-18(13)4/h9-10,12,16H,5-8H2,1-4H3. The predicted molar refractivity (Wildman–Crippen MR) is 78.5 cm³/mol. The molecule has 1 saturated carbocycles. The Morgan fingerprint density at radius 3 is 2.67 bits per heavy atom. The Labute approximate surface area is 118 Å². The van der Waals surface area contributed by atoms with Gasteiger partial charge in [0.15, 0.2) is 0 Å². The van der Waals surface area contributed by atoms with Crippen molar-refractivity contribution >= 4 is 15.9 Å². The second-order valence-electron chi connectivity index (χ2n) is 5.85. The van der Waals surface area contributed by atoms with Gasteiger partial charge in [-0.2, -0.15) is 5.10 Å². The van der Waals surface area contributed by atoms with Crippen LogP contribution in [0.3, 0.4) is 0 Å². The number of hydrogen-bond acceptors (Lipinski definition) is 2. The molecule has 1 aliphatic carbocycles. The highest BCUT2D eigenvalue weighted by Crippen LogP contribution is 2.29. The lowest BCUT2D eigenvalue weighted by atomic mass is 9.80. The second kappa shape index (κ2) is 5.74. The summed E-state index contributed by atoms with van der Waals surface area (Å²) in [5.41, 5.74) is 2.32. The van der Waals surface area contributed by atoms with Crippen molar-refractivity contribution in [3.8, 4) is 0 Å². The van der Waals surface area contributed by atoms with Crippen LogP contribution in [-0.4, -0.2) is 15.8 Å². The fourth-order valence-corrected chi connectivity index (χ4v) is 3.54. The number of nitrogens with zero attached hydrogens (tertiary/aromatic N) is 2. The van der Waals surface area contributed by atoms with E-state index in [1.807, 2.05) is 18.7 Å². The van der Waals surface area contributed by atoms with Crippen LogP contribution in [0.4, 0.5) is 0 Å². The molecule has 0 saturated heterocycles. The summed E-state index contributed by atoms with van der Waals surface area (Å²) in [6, 6.07) is 0.656. The van der Waals surface area contributed by atoms with Gasteiger partial charge in [-0.1, -0.05) is 13.8 Å². The molecule has 0 aliphatic heterocycles. The van der Waals surface area contributed by atoms with Crippen LogP contribution in [0, 0.1) is 18.8 Å². The normalized spacial score (nSPS) is 28.6. The van der Waals surface area contributed by atoms with Gasteiger partial charge >= 0.3 is 0 Å². The number of hydrogen-bond donors (Lipinski definition) is 1. The molecule has 0 amide bonds. The van der Waals surface area contributed by atoms with Gasteiger partial charge in [-0.05, 0) is 54.0 Å². The third-order valence-corrected chi connectivity index (χ3v) is 5.26. The van der Waals surface area contributed by atoms with E-state index in [-0.39, 0.29) is 0 Å². The molecule has 1 fully saturated rings. The molecular weight excluding hydrogens is 290 g/mol. The zero-order valence-electron chi connectivity index (χ0n) is 11.8. The Hall–Kier alpha value is -0.350. The van der Waals surface area contributed by atoms with Crippen molar-refractivity contribution < 1.29 is 0 Å². The average Bonchev–Trinajstić information content (AvgIpc) is 2.53. The molecule has 3 unspecified atom stereocenters. The first-order valence-electron chi connectivity index (χ1n) is 6.90. The van der Waals surface area contributed by atoms with Crippen molar-refractivity contribution in [3.05, 3.63) is 15.9 Å². The van der Waals surface area contributed by atoms with Gasteiger partial charge in [-0.25, -0.2) is 0 Å². The zero-order valence-corrected chi connectivity index (χ0v) is 13.4. The van der Waals surface area contributed by atoms with E-state index in [9.17, 15) is 0 Å². The van der Waals surface area contributed by atoms with Gasteiger partial charge in [0.1, 0.15) is 0 Å². The van der Waals surface area contributed by atoms with Crippen molar-refractivity contribution in [2.45, 2.75) is 52.6 Å². The van der Waals surface area contributed by atoms with Gasteiger partial charge in [0, 0.05) is 19.6 Å². The van der Waals surface area contributed by atoms with Gasteiger partial charge < -0.3 is 5.32 Å². The maximum absolute atomic E-state index is 4.44. The second-order valence-corrected chi connectivity index (χ2v) is 6.65. The molecule has 0 radical (unpaired) electrons. The summed E-state index contributed by atoms with van der Waals surface area (Å²) < 4.78 is 3.12. The molecule has 18 heavy (non-hydrogen) atoms. The number of rotatable bonds is 3. The quantitative estimate of drug-likeness (QED) is 0.926. The van der Waals surface area contributed by atoms with Gasteiger partial charge in [0.05, 0.1) is 15.9 Å². The summed E-state index contributed by atoms with van der Waals surface area (Å²) >= 11 is 3.63. The Morgan fingerprint density at radius 2 is 2.11 bits per heavy atom. The first-order valence-corrected chi connectivity index (χ1v) is 7.69. The van der Waals surface area contributed by atoms with Crippen LogP contribution in [-0.2, 0) is 13.6 Å². The van der Waals surface area contributed by atoms with Crippen LogP contribution in [0.15, 0.2) is 4.47 Å². The minimum atomic E-state index is 0.656. The van der Waals surface area contributed by atoms with Crippen molar-refractivity contribution in [1.82, 2.24) is 15.1 Å². The molecule has 4 heteroatoms. The molecule has 3 atom stereocenters. The Morgan fingerprint density at radius 1 is 1.39 bits per heavy atom. The van der Waals surface area contributed by atoms with E-state index in [2.05, 4.69) is 40.2 Å². The molecular formula is C14H24BrN3. The lowest BCUT2D eigenvalue weighted by Gasteiger charge is -2.33. The summed E-state index contributed by atoms with van der Waals surface area (Å²) in [6.07, 6.45) is 4.01. The van der Waals surface area contributed by atoms with E-state index < -0.39 is 0 Å². The Balaban J connectivity index is 1.95. The zero-order chi connectivity index (χ0) is 13.3. The van der Waals surface area contributed by atoms with Crippen molar-refractivity contribution in [2.24, 2.45) is 18.9 Å². The van der Waals surface area contributed by atoms with Crippen LogP contribution in [0.25, 0.3) is 0 Å². The number of halogens is 1. The molecule has 1 N–H and O–H groups in total. The van der Waals surface area contributed by atoms with E-state index in [4.69, 9.17) is 0 Å². The molecule has 1 aromatic rings. The van der Waals surface area contributed by atoms with Crippen molar-refractivity contribution in [3.63, 3.8) is 0 Å². The summed E-state index contributed by atoms with van der Waals surface area (Å²) in [7, 11) is 2.02. The number of aromatic nitrogens is 2. The molecule has 1 heterocycles. The highest BCUT2D eigenvalue weighted by Gasteiger charge is 2.25. The largest absolute Gasteiger partial charge is 0.308 e. The first kappa shape index (κ1) is 14.1. The van der Waals surface area contributed by atoms with Crippen molar-refractivity contribution in [2.75, 3.05) is 0 Å². The van der Waals surface area contributed by atoms with E-state index >= 15 is 0 Å². The topological polar surface area (TPSA) is 29.9 Å². The lowest BCUT2D eigenvalue weighted by Crippen LogP contribution is -2.39. The van der Waals surface area contributed by atoms with Crippen LogP contribution >= 0.6 is 15.9 Å². The van der Waals surface area contributed by atoms with Crippen LogP contribution in [0.5, 0.6) is 0 Å². The maximum atomic E-state index is 4.44.